The van der Waals surface area contributed by atoms with Crippen LogP contribution in [-0.2, 0) is 14.3 Å². The lowest BCUT2D eigenvalue weighted by molar-refractivity contribution is -0.155. The zero-order chi connectivity index (χ0) is 19.8. The molecule has 1 amide bonds. The molecule has 0 aliphatic carbocycles. The second-order valence-corrected chi connectivity index (χ2v) is 5.44. The molecule has 2 aromatic rings. The summed E-state index contributed by atoms with van der Waals surface area (Å²) in [7, 11) is 0. The van der Waals surface area contributed by atoms with Crippen LogP contribution in [0.25, 0.3) is 0 Å². The van der Waals surface area contributed by atoms with Crippen molar-refractivity contribution in [2.45, 2.75) is 20.0 Å². The molecule has 8 heteroatoms. The highest BCUT2D eigenvalue weighted by Gasteiger charge is 2.19. The molecule has 0 heterocycles. The topological polar surface area (TPSA) is 73.9 Å². The molecule has 0 bridgehead atoms. The summed E-state index contributed by atoms with van der Waals surface area (Å²) in [6.07, 6.45) is -1.22. The Kier molecular flexibility index (Phi) is 7.10. The van der Waals surface area contributed by atoms with Crippen LogP contribution in [0.2, 0.25) is 0 Å². The minimum Gasteiger partial charge on any atom is -0.494 e. The van der Waals surface area contributed by atoms with Crippen molar-refractivity contribution in [3.63, 3.8) is 0 Å². The summed E-state index contributed by atoms with van der Waals surface area (Å²) in [6.45, 7) is 3.29. The number of hydrogen-bond acceptors (Lipinski definition) is 5. The highest BCUT2D eigenvalue weighted by molar-refractivity contribution is 5.95. The van der Waals surface area contributed by atoms with Crippen LogP contribution in [0.3, 0.4) is 0 Å². The molecule has 1 N–H and O–H groups in total. The number of carbonyl (C=O) groups excluding carboxylic acids is 2. The van der Waals surface area contributed by atoms with Crippen LogP contribution in [0.15, 0.2) is 42.5 Å². The number of esters is 1. The van der Waals surface area contributed by atoms with E-state index in [4.69, 9.17) is 14.2 Å². The van der Waals surface area contributed by atoms with Crippen LogP contribution in [-0.4, -0.2) is 31.2 Å². The van der Waals surface area contributed by atoms with E-state index in [0.29, 0.717) is 18.1 Å². The number of benzene rings is 2. The van der Waals surface area contributed by atoms with Gasteiger partial charge in [-0.15, -0.1) is 0 Å². The van der Waals surface area contributed by atoms with Gasteiger partial charge in [0.15, 0.2) is 12.7 Å². The maximum atomic E-state index is 13.5. The second kappa shape index (κ2) is 9.51. The standard InChI is InChI=1S/C19H19F2NO5/c1-3-25-14-5-7-15(8-6-14)26-11-18(23)27-12(2)19(24)22-17-10-13(20)4-9-16(17)21/h4-10,12H,3,11H2,1-2H3,(H,22,24). The van der Waals surface area contributed by atoms with E-state index in [2.05, 4.69) is 5.32 Å². The quantitative estimate of drug-likeness (QED) is 0.713. The Labute approximate surface area is 155 Å². The van der Waals surface area contributed by atoms with Crippen molar-refractivity contribution in [3.8, 4) is 11.5 Å². The maximum absolute atomic E-state index is 13.5. The minimum absolute atomic E-state index is 0.339. The van der Waals surface area contributed by atoms with E-state index in [1.54, 1.807) is 24.3 Å². The number of carbonyl (C=O) groups is 2. The average molecular weight is 379 g/mol. The van der Waals surface area contributed by atoms with Crippen LogP contribution in [0.4, 0.5) is 14.5 Å². The fraction of sp³-hybridized carbons (Fsp3) is 0.263. The molecule has 2 aromatic carbocycles. The van der Waals surface area contributed by atoms with Gasteiger partial charge in [0.05, 0.1) is 12.3 Å². The number of anilines is 1. The summed E-state index contributed by atoms with van der Waals surface area (Å²) >= 11 is 0. The summed E-state index contributed by atoms with van der Waals surface area (Å²) in [6, 6.07) is 9.26. The lowest BCUT2D eigenvalue weighted by atomic mass is 10.2. The van der Waals surface area contributed by atoms with Gasteiger partial charge in [-0.2, -0.15) is 0 Å². The molecule has 1 atom stereocenters. The maximum Gasteiger partial charge on any atom is 0.344 e. The monoisotopic (exact) mass is 379 g/mol. The smallest absolute Gasteiger partial charge is 0.344 e. The molecule has 2 rings (SSSR count). The first-order valence-electron chi connectivity index (χ1n) is 8.20. The zero-order valence-electron chi connectivity index (χ0n) is 14.8. The van der Waals surface area contributed by atoms with Gasteiger partial charge in [-0.1, -0.05) is 0 Å². The predicted molar refractivity (Wildman–Crippen MR) is 93.6 cm³/mol. The fourth-order valence-corrected chi connectivity index (χ4v) is 2.05. The second-order valence-electron chi connectivity index (χ2n) is 5.44. The first kappa shape index (κ1) is 20.2. The van der Waals surface area contributed by atoms with Gasteiger partial charge in [-0.3, -0.25) is 4.79 Å². The van der Waals surface area contributed by atoms with Crippen LogP contribution in [0.1, 0.15) is 13.8 Å². The first-order valence-corrected chi connectivity index (χ1v) is 8.20. The molecule has 0 spiro atoms. The van der Waals surface area contributed by atoms with Crippen molar-refractivity contribution in [1.29, 1.82) is 0 Å². The first-order chi connectivity index (χ1) is 12.9. The van der Waals surface area contributed by atoms with E-state index in [0.717, 1.165) is 18.2 Å². The lowest BCUT2D eigenvalue weighted by Crippen LogP contribution is -2.32. The largest absolute Gasteiger partial charge is 0.494 e. The molecule has 0 aromatic heterocycles. The molecule has 0 saturated heterocycles. The van der Waals surface area contributed by atoms with Crippen LogP contribution >= 0.6 is 0 Å². The van der Waals surface area contributed by atoms with Crippen molar-refractivity contribution in [2.75, 3.05) is 18.5 Å². The molecular formula is C19H19F2NO5. The Hall–Kier alpha value is -3.16. The third kappa shape index (κ3) is 6.25. The molecule has 0 saturated carbocycles. The van der Waals surface area contributed by atoms with Gasteiger partial charge in [0.1, 0.15) is 23.1 Å². The van der Waals surface area contributed by atoms with Crippen molar-refractivity contribution < 1.29 is 32.6 Å². The number of hydrogen-bond donors (Lipinski definition) is 1. The van der Waals surface area contributed by atoms with E-state index >= 15 is 0 Å². The summed E-state index contributed by atoms with van der Waals surface area (Å²) in [5, 5.41) is 2.16. The van der Waals surface area contributed by atoms with E-state index in [-0.39, 0.29) is 5.69 Å². The normalized spacial score (nSPS) is 11.4. The zero-order valence-corrected chi connectivity index (χ0v) is 14.8. The lowest BCUT2D eigenvalue weighted by Gasteiger charge is -2.14. The fourth-order valence-electron chi connectivity index (χ4n) is 2.05. The molecule has 0 aliphatic heterocycles. The summed E-state index contributed by atoms with van der Waals surface area (Å²) in [5.41, 5.74) is -0.339. The summed E-state index contributed by atoms with van der Waals surface area (Å²) < 4.78 is 42.1. The molecular weight excluding hydrogens is 360 g/mol. The van der Waals surface area contributed by atoms with Crippen LogP contribution < -0.4 is 14.8 Å². The highest BCUT2D eigenvalue weighted by Crippen LogP contribution is 2.18. The molecule has 0 aliphatic rings. The van der Waals surface area contributed by atoms with E-state index in [1.807, 2.05) is 6.92 Å². The van der Waals surface area contributed by atoms with Gasteiger partial charge in [-0.05, 0) is 50.2 Å². The Morgan fingerprint density at radius 1 is 1.04 bits per heavy atom. The van der Waals surface area contributed by atoms with E-state index in [1.165, 1.54) is 6.92 Å². The number of ether oxygens (including phenoxy) is 3. The van der Waals surface area contributed by atoms with Crippen molar-refractivity contribution >= 4 is 17.6 Å². The van der Waals surface area contributed by atoms with Gasteiger partial charge in [0.2, 0.25) is 0 Å². The van der Waals surface area contributed by atoms with Crippen molar-refractivity contribution in [1.82, 2.24) is 0 Å². The molecule has 6 nitrogen and oxygen atoms in total. The Bertz CT molecular complexity index is 795. The molecule has 0 radical (unpaired) electrons. The molecule has 1 unspecified atom stereocenters. The van der Waals surface area contributed by atoms with Crippen LogP contribution in [0, 0.1) is 11.6 Å². The third-order valence-corrected chi connectivity index (χ3v) is 3.36. The highest BCUT2D eigenvalue weighted by atomic mass is 19.1. The van der Waals surface area contributed by atoms with E-state index in [9.17, 15) is 18.4 Å². The number of amides is 1. The molecule has 0 fully saturated rings. The number of rotatable bonds is 8. The Balaban J connectivity index is 1.82. The van der Waals surface area contributed by atoms with Gasteiger partial charge in [0.25, 0.3) is 5.91 Å². The minimum atomic E-state index is -1.22. The Morgan fingerprint density at radius 2 is 1.67 bits per heavy atom. The molecule has 144 valence electrons. The van der Waals surface area contributed by atoms with Gasteiger partial charge in [0, 0.05) is 6.07 Å². The average Bonchev–Trinajstić information content (AvgIpc) is 2.64. The number of nitrogens with one attached hydrogen (secondary N) is 1. The van der Waals surface area contributed by atoms with Crippen molar-refractivity contribution in [2.24, 2.45) is 0 Å². The third-order valence-electron chi connectivity index (χ3n) is 3.36. The van der Waals surface area contributed by atoms with Gasteiger partial charge in [-0.25, -0.2) is 13.6 Å². The van der Waals surface area contributed by atoms with E-state index < -0.39 is 36.2 Å². The predicted octanol–water partition coefficient (Wildman–Crippen LogP) is 3.31. The Morgan fingerprint density at radius 3 is 2.30 bits per heavy atom. The summed E-state index contributed by atoms with van der Waals surface area (Å²) in [4.78, 5) is 23.7. The van der Waals surface area contributed by atoms with Crippen LogP contribution in [0.5, 0.6) is 11.5 Å². The SMILES string of the molecule is CCOc1ccc(OCC(=O)OC(C)C(=O)Nc2cc(F)ccc2F)cc1. The molecule has 27 heavy (non-hydrogen) atoms. The van der Waals surface area contributed by atoms with Gasteiger partial charge < -0.3 is 19.5 Å². The summed E-state index contributed by atoms with van der Waals surface area (Å²) in [5.74, 6) is -2.00. The number of halogens is 2. The van der Waals surface area contributed by atoms with Gasteiger partial charge >= 0.3 is 5.97 Å². The van der Waals surface area contributed by atoms with Crippen molar-refractivity contribution in [3.05, 3.63) is 54.1 Å².